The second-order valence-corrected chi connectivity index (χ2v) is 10.5. The van der Waals surface area contributed by atoms with Crippen LogP contribution in [-0.2, 0) is 0 Å². The Morgan fingerprint density at radius 3 is 1.10 bits per heavy atom. The molecule has 0 heterocycles. The monoisotopic (exact) mass is 506 g/mol. The molecule has 0 spiro atoms. The average Bonchev–Trinajstić information content (AvgIpc) is 3.04. The van der Waals surface area contributed by atoms with Crippen LogP contribution >= 0.6 is 0 Å². The van der Waals surface area contributed by atoms with Gasteiger partial charge in [0.25, 0.3) is 0 Å². The average molecular weight is 507 g/mol. The zero-order valence-electron chi connectivity index (χ0n) is 22.0. The fourth-order valence-corrected chi connectivity index (χ4v) is 6.32. The van der Waals surface area contributed by atoms with Crippen molar-refractivity contribution in [1.29, 1.82) is 0 Å². The smallest absolute Gasteiger partial charge is 0.00986 e. The summed E-state index contributed by atoms with van der Waals surface area (Å²) in [5.41, 5.74) is 7.44. The van der Waals surface area contributed by atoms with E-state index in [2.05, 4.69) is 158 Å². The van der Waals surface area contributed by atoms with Crippen LogP contribution in [0, 0.1) is 0 Å². The number of hydrogen-bond donors (Lipinski definition) is 0. The fourth-order valence-electron chi connectivity index (χ4n) is 6.32. The minimum absolute atomic E-state index is 1.22. The van der Waals surface area contributed by atoms with Gasteiger partial charge in [-0.2, -0.15) is 0 Å². The van der Waals surface area contributed by atoms with Crippen LogP contribution in [0.1, 0.15) is 0 Å². The van der Waals surface area contributed by atoms with E-state index in [4.69, 9.17) is 0 Å². The minimum atomic E-state index is 1.22. The van der Waals surface area contributed by atoms with E-state index in [-0.39, 0.29) is 0 Å². The van der Waals surface area contributed by atoms with Crippen molar-refractivity contribution >= 4 is 43.1 Å². The van der Waals surface area contributed by atoms with Crippen molar-refractivity contribution in [3.05, 3.63) is 158 Å². The van der Waals surface area contributed by atoms with E-state index >= 15 is 0 Å². The largest absolute Gasteiger partial charge is 0.0622 e. The number of hydrogen-bond acceptors (Lipinski definition) is 0. The second kappa shape index (κ2) is 9.22. The zero-order chi connectivity index (χ0) is 26.5. The first-order valence-corrected chi connectivity index (χ1v) is 13.9. The van der Waals surface area contributed by atoms with Gasteiger partial charge < -0.3 is 0 Å². The van der Waals surface area contributed by atoms with Gasteiger partial charge in [-0.25, -0.2) is 0 Å². The highest BCUT2D eigenvalue weighted by Gasteiger charge is 2.14. The summed E-state index contributed by atoms with van der Waals surface area (Å²) in [6.45, 7) is 0. The Kier molecular flexibility index (Phi) is 5.24. The van der Waals surface area contributed by atoms with Gasteiger partial charge in [0, 0.05) is 0 Å². The van der Waals surface area contributed by atoms with Crippen LogP contribution in [-0.4, -0.2) is 0 Å². The molecule has 0 amide bonds. The molecule has 0 aliphatic rings. The molecule has 0 nitrogen and oxygen atoms in total. The molecule has 0 unspecified atom stereocenters. The fraction of sp³-hybridized carbons (Fsp3) is 0. The van der Waals surface area contributed by atoms with Crippen LogP contribution in [0.3, 0.4) is 0 Å². The summed E-state index contributed by atoms with van der Waals surface area (Å²) in [6, 6.07) is 57.6. The maximum Gasteiger partial charge on any atom is -0.00986 e. The molecule has 0 aliphatic carbocycles. The quantitative estimate of drug-likeness (QED) is 0.209. The lowest BCUT2D eigenvalue weighted by atomic mass is 9.87. The van der Waals surface area contributed by atoms with Gasteiger partial charge in [0.15, 0.2) is 0 Å². The van der Waals surface area contributed by atoms with Crippen LogP contribution in [0.15, 0.2) is 158 Å². The lowest BCUT2D eigenvalue weighted by molar-refractivity contribution is 1.60. The summed E-state index contributed by atoms with van der Waals surface area (Å²) in [7, 11) is 0. The van der Waals surface area contributed by atoms with Crippen molar-refractivity contribution in [1.82, 2.24) is 0 Å². The zero-order valence-corrected chi connectivity index (χ0v) is 22.0. The highest BCUT2D eigenvalue weighted by molar-refractivity contribution is 6.16. The SMILES string of the molecule is c1ccc(-c2cc(-c3cc4ccccc4c4ccccc34)cc(-c3cc4ccccc4c4ccccc34)c2)cc1. The van der Waals surface area contributed by atoms with Gasteiger partial charge in [-0.1, -0.05) is 127 Å². The minimum Gasteiger partial charge on any atom is -0.0622 e. The van der Waals surface area contributed by atoms with Crippen LogP contribution in [0.2, 0.25) is 0 Å². The summed E-state index contributed by atoms with van der Waals surface area (Å²) in [5, 5.41) is 10.2. The number of fused-ring (bicyclic) bond motifs is 6. The molecule has 8 aromatic carbocycles. The lowest BCUT2D eigenvalue weighted by Crippen LogP contribution is -1.90. The predicted octanol–water partition coefficient (Wildman–Crippen LogP) is 11.3. The van der Waals surface area contributed by atoms with E-state index < -0.39 is 0 Å². The Bertz CT molecular complexity index is 2070. The first-order chi connectivity index (χ1) is 19.8. The summed E-state index contributed by atoms with van der Waals surface area (Å²) in [6.07, 6.45) is 0. The third kappa shape index (κ3) is 3.69. The van der Waals surface area contributed by atoms with Crippen molar-refractivity contribution in [3.8, 4) is 33.4 Å². The molecule has 0 saturated carbocycles. The molecule has 0 fully saturated rings. The van der Waals surface area contributed by atoms with Gasteiger partial charge in [-0.05, 0) is 107 Å². The van der Waals surface area contributed by atoms with E-state index in [1.807, 2.05) is 0 Å². The highest BCUT2D eigenvalue weighted by atomic mass is 14.2. The second-order valence-electron chi connectivity index (χ2n) is 10.5. The molecule has 0 bridgehead atoms. The van der Waals surface area contributed by atoms with Gasteiger partial charge in [-0.15, -0.1) is 0 Å². The van der Waals surface area contributed by atoms with Crippen molar-refractivity contribution in [2.45, 2.75) is 0 Å². The predicted molar refractivity (Wildman–Crippen MR) is 173 cm³/mol. The Morgan fingerprint density at radius 2 is 0.600 bits per heavy atom. The molecular weight excluding hydrogens is 480 g/mol. The van der Waals surface area contributed by atoms with E-state index in [9.17, 15) is 0 Å². The molecule has 0 saturated heterocycles. The van der Waals surface area contributed by atoms with Crippen molar-refractivity contribution in [3.63, 3.8) is 0 Å². The van der Waals surface area contributed by atoms with Gasteiger partial charge in [0.1, 0.15) is 0 Å². The van der Waals surface area contributed by atoms with Crippen molar-refractivity contribution in [2.24, 2.45) is 0 Å². The van der Waals surface area contributed by atoms with Gasteiger partial charge in [0.05, 0.1) is 0 Å². The Hall–Kier alpha value is -5.20. The van der Waals surface area contributed by atoms with E-state index in [1.54, 1.807) is 0 Å². The molecule has 0 aromatic heterocycles. The van der Waals surface area contributed by atoms with E-state index in [0.717, 1.165) is 0 Å². The van der Waals surface area contributed by atoms with Gasteiger partial charge >= 0.3 is 0 Å². The third-order valence-corrected chi connectivity index (χ3v) is 8.20. The van der Waals surface area contributed by atoms with Crippen LogP contribution < -0.4 is 0 Å². The normalized spacial score (nSPS) is 11.5. The summed E-state index contributed by atoms with van der Waals surface area (Å²) in [4.78, 5) is 0. The van der Waals surface area contributed by atoms with Crippen LogP contribution in [0.4, 0.5) is 0 Å². The van der Waals surface area contributed by atoms with Crippen molar-refractivity contribution in [2.75, 3.05) is 0 Å². The molecule has 0 atom stereocenters. The first-order valence-electron chi connectivity index (χ1n) is 13.9. The van der Waals surface area contributed by atoms with Crippen molar-refractivity contribution < 1.29 is 0 Å². The van der Waals surface area contributed by atoms with E-state index in [1.165, 1.54) is 76.5 Å². The maximum atomic E-state index is 2.39. The van der Waals surface area contributed by atoms with Crippen LogP contribution in [0.5, 0.6) is 0 Å². The first kappa shape index (κ1) is 22.8. The lowest BCUT2D eigenvalue weighted by Gasteiger charge is -2.16. The number of rotatable bonds is 3. The standard InChI is InChI=1S/C40H26/c1-2-12-27(13-3-1)30-22-31(39-25-28-14-4-6-16-33(28)35-18-8-10-20-37(35)39)24-32(23-30)40-26-29-15-5-7-17-34(29)36-19-9-11-21-38(36)40/h1-26H. The van der Waals surface area contributed by atoms with E-state index in [0.29, 0.717) is 0 Å². The molecule has 0 heteroatoms. The maximum absolute atomic E-state index is 2.39. The Morgan fingerprint density at radius 1 is 0.225 bits per heavy atom. The molecule has 186 valence electrons. The third-order valence-electron chi connectivity index (χ3n) is 8.20. The number of benzene rings is 8. The van der Waals surface area contributed by atoms with Gasteiger partial charge in [-0.3, -0.25) is 0 Å². The molecule has 0 aliphatic heterocycles. The Labute approximate surface area is 233 Å². The molecule has 0 radical (unpaired) electrons. The Balaban J connectivity index is 1.47. The molecule has 8 aromatic rings. The highest BCUT2D eigenvalue weighted by Crippen LogP contribution is 2.41. The molecule has 40 heavy (non-hydrogen) atoms. The summed E-state index contributed by atoms with van der Waals surface area (Å²) in [5.74, 6) is 0. The van der Waals surface area contributed by atoms with Crippen LogP contribution in [0.25, 0.3) is 76.5 Å². The molecule has 8 rings (SSSR count). The summed E-state index contributed by atoms with van der Waals surface area (Å²) >= 11 is 0. The molecule has 0 N–H and O–H groups in total. The van der Waals surface area contributed by atoms with Gasteiger partial charge in [0.2, 0.25) is 0 Å². The topological polar surface area (TPSA) is 0 Å². The summed E-state index contributed by atoms with van der Waals surface area (Å²) < 4.78 is 0. The molecular formula is C40H26.